The number of nitrogens with one attached hydrogen (secondary N) is 1. The van der Waals surface area contributed by atoms with Crippen molar-refractivity contribution in [2.75, 3.05) is 11.9 Å². The monoisotopic (exact) mass is 246 g/mol. The van der Waals surface area contributed by atoms with E-state index in [-0.39, 0.29) is 6.10 Å². The average Bonchev–Trinajstić information content (AvgIpc) is 2.22. The molecule has 1 saturated carbocycles. The van der Waals surface area contributed by atoms with E-state index < -0.39 is 11.7 Å². The van der Waals surface area contributed by atoms with Crippen molar-refractivity contribution in [2.45, 2.75) is 25.1 Å². The van der Waals surface area contributed by atoms with Gasteiger partial charge in [-0.25, -0.2) is 4.98 Å². The maximum atomic E-state index is 12.3. The molecule has 1 aromatic heterocycles. The summed E-state index contributed by atoms with van der Waals surface area (Å²) < 4.78 is 36.8. The van der Waals surface area contributed by atoms with Crippen LogP contribution < -0.4 is 5.32 Å². The predicted octanol–water partition coefficient (Wildman–Crippen LogP) is 2.28. The molecule has 17 heavy (non-hydrogen) atoms. The normalized spacial score (nSPS) is 24.2. The van der Waals surface area contributed by atoms with E-state index >= 15 is 0 Å². The van der Waals surface area contributed by atoms with E-state index in [2.05, 4.69) is 10.3 Å². The molecular weight excluding hydrogens is 233 g/mol. The molecule has 1 heterocycles. The van der Waals surface area contributed by atoms with Crippen LogP contribution in [0, 0.1) is 5.92 Å². The van der Waals surface area contributed by atoms with Crippen LogP contribution >= 0.6 is 0 Å². The van der Waals surface area contributed by atoms with Crippen LogP contribution in [-0.2, 0) is 6.18 Å². The summed E-state index contributed by atoms with van der Waals surface area (Å²) in [6, 6.07) is 2.32. The number of anilines is 1. The van der Waals surface area contributed by atoms with E-state index in [1.807, 2.05) is 0 Å². The van der Waals surface area contributed by atoms with E-state index in [9.17, 15) is 13.2 Å². The minimum atomic E-state index is -4.34. The third-order valence-corrected chi connectivity index (χ3v) is 2.87. The largest absolute Gasteiger partial charge is 0.417 e. The molecule has 2 rings (SSSR count). The van der Waals surface area contributed by atoms with E-state index in [1.165, 1.54) is 6.07 Å². The van der Waals surface area contributed by atoms with Gasteiger partial charge in [-0.2, -0.15) is 13.2 Å². The van der Waals surface area contributed by atoms with Gasteiger partial charge in [0.25, 0.3) is 0 Å². The molecule has 0 spiro atoms. The van der Waals surface area contributed by atoms with Crippen LogP contribution in [0.1, 0.15) is 18.4 Å². The fourth-order valence-corrected chi connectivity index (χ4v) is 1.78. The molecule has 0 atom stereocenters. The number of rotatable bonds is 3. The van der Waals surface area contributed by atoms with Crippen molar-refractivity contribution in [1.29, 1.82) is 0 Å². The molecule has 0 saturated heterocycles. The van der Waals surface area contributed by atoms with Gasteiger partial charge in [-0.15, -0.1) is 0 Å². The number of alkyl halides is 3. The van der Waals surface area contributed by atoms with E-state index in [0.29, 0.717) is 18.3 Å². The summed E-state index contributed by atoms with van der Waals surface area (Å²) >= 11 is 0. The van der Waals surface area contributed by atoms with Gasteiger partial charge in [0.15, 0.2) is 0 Å². The first-order valence-corrected chi connectivity index (χ1v) is 5.40. The first-order valence-electron chi connectivity index (χ1n) is 5.40. The van der Waals surface area contributed by atoms with Crippen LogP contribution in [0.3, 0.4) is 0 Å². The van der Waals surface area contributed by atoms with Crippen molar-refractivity contribution in [3.63, 3.8) is 0 Å². The van der Waals surface area contributed by atoms with Gasteiger partial charge in [-0.3, -0.25) is 0 Å². The minimum Gasteiger partial charge on any atom is -0.393 e. The maximum absolute atomic E-state index is 12.3. The number of nitrogens with zero attached hydrogens (tertiary/aromatic N) is 1. The van der Waals surface area contributed by atoms with Gasteiger partial charge in [-0.1, -0.05) is 0 Å². The molecule has 0 unspecified atom stereocenters. The number of pyridine rings is 1. The van der Waals surface area contributed by atoms with E-state index in [4.69, 9.17) is 5.11 Å². The van der Waals surface area contributed by atoms with Crippen LogP contribution in [0.2, 0.25) is 0 Å². The Labute approximate surface area is 96.7 Å². The van der Waals surface area contributed by atoms with Crippen LogP contribution in [0.5, 0.6) is 0 Å². The van der Waals surface area contributed by atoms with Crippen molar-refractivity contribution in [3.05, 3.63) is 23.9 Å². The fraction of sp³-hybridized carbons (Fsp3) is 0.545. The summed E-state index contributed by atoms with van der Waals surface area (Å²) in [6.45, 7) is 0.634. The lowest BCUT2D eigenvalue weighted by atomic mass is 9.82. The molecule has 0 bridgehead atoms. The van der Waals surface area contributed by atoms with Crippen LogP contribution in [-0.4, -0.2) is 22.7 Å². The number of aromatic nitrogens is 1. The highest BCUT2D eigenvalue weighted by Gasteiger charge is 2.31. The van der Waals surface area contributed by atoms with Gasteiger partial charge in [0.05, 0.1) is 11.7 Å². The van der Waals surface area contributed by atoms with Crippen molar-refractivity contribution in [2.24, 2.45) is 5.92 Å². The molecule has 1 aliphatic carbocycles. The standard InChI is InChI=1S/C11H13F3N2O/c12-11(13,14)8-1-2-10(16-6-8)15-5-7-3-9(17)4-7/h1-2,6-7,9,17H,3-5H2,(H,15,16). The van der Waals surface area contributed by atoms with E-state index in [0.717, 1.165) is 25.1 Å². The first-order chi connectivity index (χ1) is 7.95. The second kappa shape index (κ2) is 4.52. The molecule has 0 aliphatic heterocycles. The van der Waals surface area contributed by atoms with Gasteiger partial charge < -0.3 is 10.4 Å². The Kier molecular flexibility index (Phi) is 3.24. The molecule has 0 amide bonds. The lowest BCUT2D eigenvalue weighted by Gasteiger charge is -2.31. The van der Waals surface area contributed by atoms with Crippen LogP contribution in [0.4, 0.5) is 19.0 Å². The zero-order chi connectivity index (χ0) is 12.5. The van der Waals surface area contributed by atoms with E-state index in [1.54, 1.807) is 0 Å². The first kappa shape index (κ1) is 12.2. The highest BCUT2D eigenvalue weighted by Crippen LogP contribution is 2.29. The highest BCUT2D eigenvalue weighted by molar-refractivity contribution is 5.36. The number of halogens is 3. The summed E-state index contributed by atoms with van der Waals surface area (Å²) in [5, 5.41) is 12.0. The molecule has 94 valence electrons. The van der Waals surface area contributed by atoms with Gasteiger partial charge in [0, 0.05) is 12.7 Å². The Morgan fingerprint density at radius 1 is 1.35 bits per heavy atom. The fourth-order valence-electron chi connectivity index (χ4n) is 1.78. The second-order valence-corrected chi connectivity index (χ2v) is 4.30. The Morgan fingerprint density at radius 3 is 2.53 bits per heavy atom. The maximum Gasteiger partial charge on any atom is 0.417 e. The lowest BCUT2D eigenvalue weighted by molar-refractivity contribution is -0.137. The Morgan fingerprint density at radius 2 is 2.06 bits per heavy atom. The molecule has 1 fully saturated rings. The molecule has 6 heteroatoms. The zero-order valence-electron chi connectivity index (χ0n) is 9.04. The Hall–Kier alpha value is -1.30. The molecule has 3 nitrogen and oxygen atoms in total. The van der Waals surface area contributed by atoms with Crippen molar-refractivity contribution in [1.82, 2.24) is 4.98 Å². The Bertz CT molecular complexity index is 371. The Balaban J connectivity index is 1.86. The third kappa shape index (κ3) is 3.09. The van der Waals surface area contributed by atoms with Crippen molar-refractivity contribution in [3.8, 4) is 0 Å². The van der Waals surface area contributed by atoms with Crippen molar-refractivity contribution >= 4 is 5.82 Å². The molecule has 2 N–H and O–H groups in total. The summed E-state index contributed by atoms with van der Waals surface area (Å²) in [7, 11) is 0. The molecule has 1 aromatic rings. The lowest BCUT2D eigenvalue weighted by Crippen LogP contribution is -2.33. The third-order valence-electron chi connectivity index (χ3n) is 2.87. The van der Waals surface area contributed by atoms with Gasteiger partial charge in [0.1, 0.15) is 5.82 Å². The number of hydrogen-bond donors (Lipinski definition) is 2. The second-order valence-electron chi connectivity index (χ2n) is 4.30. The topological polar surface area (TPSA) is 45.1 Å². The highest BCUT2D eigenvalue weighted by atomic mass is 19.4. The zero-order valence-corrected chi connectivity index (χ0v) is 9.04. The summed E-state index contributed by atoms with van der Waals surface area (Å²) in [4.78, 5) is 3.70. The van der Waals surface area contributed by atoms with Crippen molar-refractivity contribution < 1.29 is 18.3 Å². The quantitative estimate of drug-likeness (QED) is 0.860. The predicted molar refractivity (Wildman–Crippen MR) is 56.5 cm³/mol. The molecule has 0 radical (unpaired) electrons. The number of aliphatic hydroxyl groups excluding tert-OH is 1. The van der Waals surface area contributed by atoms with Crippen LogP contribution in [0.25, 0.3) is 0 Å². The summed E-state index contributed by atoms with van der Waals surface area (Å²) in [5.41, 5.74) is -0.748. The molecule has 1 aliphatic rings. The molecule has 0 aromatic carbocycles. The van der Waals surface area contributed by atoms with Gasteiger partial charge in [-0.05, 0) is 30.9 Å². The minimum absolute atomic E-state index is 0.220. The summed E-state index contributed by atoms with van der Waals surface area (Å²) in [6.07, 6.45) is -2.26. The number of aliphatic hydroxyl groups is 1. The average molecular weight is 246 g/mol. The van der Waals surface area contributed by atoms with Gasteiger partial charge in [0.2, 0.25) is 0 Å². The SMILES string of the molecule is OC1CC(CNc2ccc(C(F)(F)F)cn2)C1. The van der Waals surface area contributed by atoms with Crippen LogP contribution in [0.15, 0.2) is 18.3 Å². The number of hydrogen-bond acceptors (Lipinski definition) is 3. The molecular formula is C11H13F3N2O. The summed E-state index contributed by atoms with van der Waals surface area (Å²) in [5.74, 6) is 0.813. The smallest absolute Gasteiger partial charge is 0.393 e. The van der Waals surface area contributed by atoms with Gasteiger partial charge >= 0.3 is 6.18 Å².